The Bertz CT molecular complexity index is 392. The number of aliphatic hydroxyl groups is 1. The number of hydrogen-bond donors (Lipinski definition) is 2. The minimum absolute atomic E-state index is 0.149. The van der Waals surface area contributed by atoms with E-state index in [1.165, 1.54) is 12.1 Å². The van der Waals surface area contributed by atoms with Crippen LogP contribution in [-0.4, -0.2) is 37.4 Å². The maximum Gasteiger partial charge on any atom is 0.251 e. The summed E-state index contributed by atoms with van der Waals surface area (Å²) in [7, 11) is 1.56. The molecule has 1 atom stereocenters. The first-order chi connectivity index (χ1) is 8.56. The molecule has 1 amide bonds. The Morgan fingerprint density at radius 3 is 2.50 bits per heavy atom. The summed E-state index contributed by atoms with van der Waals surface area (Å²) >= 11 is 11.6. The highest BCUT2D eigenvalue weighted by atomic mass is 35.5. The van der Waals surface area contributed by atoms with Gasteiger partial charge in [0.15, 0.2) is 0 Å². The van der Waals surface area contributed by atoms with Crippen molar-refractivity contribution in [2.45, 2.75) is 12.5 Å². The summed E-state index contributed by atoms with van der Waals surface area (Å²) in [5.74, 6) is -0.324. The molecule has 0 bridgehead atoms. The number of rotatable bonds is 6. The van der Waals surface area contributed by atoms with Crippen molar-refractivity contribution in [1.82, 2.24) is 5.32 Å². The molecule has 1 rings (SSSR count). The third-order valence-electron chi connectivity index (χ3n) is 2.35. The van der Waals surface area contributed by atoms with Crippen LogP contribution in [0.15, 0.2) is 18.2 Å². The van der Waals surface area contributed by atoms with Gasteiger partial charge < -0.3 is 15.2 Å². The average molecular weight is 292 g/mol. The minimum Gasteiger partial charge on any atom is -0.394 e. The molecule has 0 spiro atoms. The van der Waals surface area contributed by atoms with Crippen molar-refractivity contribution in [1.29, 1.82) is 0 Å². The van der Waals surface area contributed by atoms with Gasteiger partial charge in [-0.05, 0) is 24.6 Å². The highest BCUT2D eigenvalue weighted by Gasteiger charge is 2.13. The van der Waals surface area contributed by atoms with Crippen molar-refractivity contribution >= 4 is 29.1 Å². The minimum atomic E-state index is -0.352. The van der Waals surface area contributed by atoms with Gasteiger partial charge in [-0.1, -0.05) is 23.2 Å². The van der Waals surface area contributed by atoms with Gasteiger partial charge in [-0.25, -0.2) is 0 Å². The Labute approximate surface area is 116 Å². The van der Waals surface area contributed by atoms with Crippen LogP contribution >= 0.6 is 23.2 Å². The Balaban J connectivity index is 2.68. The van der Waals surface area contributed by atoms with Crippen molar-refractivity contribution in [2.24, 2.45) is 0 Å². The van der Waals surface area contributed by atoms with Gasteiger partial charge in [-0.2, -0.15) is 0 Å². The average Bonchev–Trinajstić information content (AvgIpc) is 2.32. The SMILES string of the molecule is COCCC(CO)NC(=O)c1cc(Cl)cc(Cl)c1. The van der Waals surface area contributed by atoms with E-state index in [9.17, 15) is 4.79 Å². The fourth-order valence-corrected chi connectivity index (χ4v) is 1.95. The molecule has 6 heteroatoms. The van der Waals surface area contributed by atoms with Gasteiger partial charge in [-0.3, -0.25) is 4.79 Å². The van der Waals surface area contributed by atoms with E-state index in [4.69, 9.17) is 33.0 Å². The summed E-state index contributed by atoms with van der Waals surface area (Å²) in [6.07, 6.45) is 0.535. The molecule has 2 N–H and O–H groups in total. The fraction of sp³-hybridized carbons (Fsp3) is 0.417. The number of aliphatic hydroxyl groups excluding tert-OH is 1. The third kappa shape index (κ3) is 4.82. The van der Waals surface area contributed by atoms with Gasteiger partial charge in [-0.15, -0.1) is 0 Å². The number of benzene rings is 1. The quantitative estimate of drug-likeness (QED) is 0.844. The number of carbonyl (C=O) groups excluding carboxylic acids is 1. The van der Waals surface area contributed by atoms with Crippen molar-refractivity contribution in [2.75, 3.05) is 20.3 Å². The second-order valence-electron chi connectivity index (χ2n) is 3.79. The maximum absolute atomic E-state index is 11.9. The Hall–Kier alpha value is -0.810. The third-order valence-corrected chi connectivity index (χ3v) is 2.79. The zero-order valence-corrected chi connectivity index (χ0v) is 11.5. The van der Waals surface area contributed by atoms with E-state index in [1.54, 1.807) is 13.2 Å². The Kier molecular flexibility index (Phi) is 6.43. The summed E-state index contributed by atoms with van der Waals surface area (Å²) in [6.45, 7) is 0.311. The molecule has 0 saturated carbocycles. The maximum atomic E-state index is 11.9. The van der Waals surface area contributed by atoms with Crippen molar-refractivity contribution < 1.29 is 14.6 Å². The van der Waals surface area contributed by atoms with Gasteiger partial charge >= 0.3 is 0 Å². The molecular weight excluding hydrogens is 277 g/mol. The van der Waals surface area contributed by atoms with Crippen LogP contribution in [0.1, 0.15) is 16.8 Å². The number of methoxy groups -OCH3 is 1. The lowest BCUT2D eigenvalue weighted by atomic mass is 10.1. The monoisotopic (exact) mass is 291 g/mol. The predicted molar refractivity (Wildman–Crippen MR) is 71.3 cm³/mol. The molecule has 0 aliphatic rings. The Morgan fingerprint density at radius 2 is 2.00 bits per heavy atom. The van der Waals surface area contributed by atoms with E-state index in [2.05, 4.69) is 5.32 Å². The summed E-state index contributed by atoms with van der Waals surface area (Å²) in [5.41, 5.74) is 0.364. The van der Waals surface area contributed by atoms with Crippen LogP contribution in [-0.2, 0) is 4.74 Å². The summed E-state index contributed by atoms with van der Waals surface area (Å²) in [4.78, 5) is 11.9. The first-order valence-electron chi connectivity index (χ1n) is 5.43. The van der Waals surface area contributed by atoms with E-state index in [0.717, 1.165) is 0 Å². The molecule has 0 aliphatic carbocycles. The molecule has 1 aromatic rings. The van der Waals surface area contributed by atoms with Gasteiger partial charge in [0.05, 0.1) is 12.6 Å². The van der Waals surface area contributed by atoms with Gasteiger partial charge in [0, 0.05) is 29.3 Å². The van der Waals surface area contributed by atoms with Gasteiger partial charge in [0.1, 0.15) is 0 Å². The molecule has 0 aliphatic heterocycles. The van der Waals surface area contributed by atoms with E-state index >= 15 is 0 Å². The van der Waals surface area contributed by atoms with Crippen molar-refractivity contribution in [3.05, 3.63) is 33.8 Å². The lowest BCUT2D eigenvalue weighted by Gasteiger charge is -2.16. The lowest BCUT2D eigenvalue weighted by Crippen LogP contribution is -2.38. The largest absolute Gasteiger partial charge is 0.394 e. The van der Waals surface area contributed by atoms with Crippen LogP contribution in [0.5, 0.6) is 0 Å². The molecule has 0 fully saturated rings. The van der Waals surface area contributed by atoms with Crippen molar-refractivity contribution in [3.8, 4) is 0 Å². The number of ether oxygens (including phenoxy) is 1. The molecule has 18 heavy (non-hydrogen) atoms. The predicted octanol–water partition coefficient (Wildman–Crippen LogP) is 2.12. The van der Waals surface area contributed by atoms with Crippen LogP contribution < -0.4 is 5.32 Å². The molecule has 0 aromatic heterocycles. The highest BCUT2D eigenvalue weighted by molar-refractivity contribution is 6.35. The van der Waals surface area contributed by atoms with E-state index in [-0.39, 0.29) is 18.6 Å². The first kappa shape index (κ1) is 15.2. The van der Waals surface area contributed by atoms with E-state index < -0.39 is 0 Å². The van der Waals surface area contributed by atoms with Gasteiger partial charge in [0.2, 0.25) is 0 Å². The van der Waals surface area contributed by atoms with E-state index in [1.807, 2.05) is 0 Å². The molecule has 0 saturated heterocycles. The molecular formula is C12H15Cl2NO3. The molecule has 4 nitrogen and oxygen atoms in total. The fourth-order valence-electron chi connectivity index (χ4n) is 1.42. The van der Waals surface area contributed by atoms with E-state index in [0.29, 0.717) is 28.6 Å². The molecule has 0 radical (unpaired) electrons. The Morgan fingerprint density at radius 1 is 1.39 bits per heavy atom. The summed E-state index contributed by atoms with van der Waals surface area (Å²) in [5, 5.41) is 12.6. The number of hydrogen-bond acceptors (Lipinski definition) is 3. The number of halogens is 2. The smallest absolute Gasteiger partial charge is 0.251 e. The standard InChI is InChI=1S/C12H15Cl2NO3/c1-18-3-2-11(7-16)15-12(17)8-4-9(13)6-10(14)5-8/h4-6,11,16H,2-3,7H2,1H3,(H,15,17). The molecule has 1 unspecified atom stereocenters. The van der Waals surface area contributed by atoms with Crippen LogP contribution in [0.4, 0.5) is 0 Å². The highest BCUT2D eigenvalue weighted by Crippen LogP contribution is 2.19. The number of nitrogens with one attached hydrogen (secondary N) is 1. The van der Waals surface area contributed by atoms with Crippen molar-refractivity contribution in [3.63, 3.8) is 0 Å². The van der Waals surface area contributed by atoms with Crippen LogP contribution in [0.2, 0.25) is 10.0 Å². The summed E-state index contributed by atoms with van der Waals surface area (Å²) < 4.78 is 4.90. The normalized spacial score (nSPS) is 12.2. The molecule has 100 valence electrons. The zero-order valence-electron chi connectivity index (χ0n) is 9.95. The lowest BCUT2D eigenvalue weighted by molar-refractivity contribution is 0.0895. The number of amides is 1. The summed E-state index contributed by atoms with van der Waals surface area (Å²) in [6, 6.07) is 4.24. The number of carbonyl (C=O) groups is 1. The van der Waals surface area contributed by atoms with Crippen LogP contribution in [0, 0.1) is 0 Å². The second kappa shape index (κ2) is 7.59. The molecule has 0 heterocycles. The zero-order chi connectivity index (χ0) is 13.5. The molecule has 1 aromatic carbocycles. The van der Waals surface area contributed by atoms with Crippen LogP contribution in [0.3, 0.4) is 0 Å². The first-order valence-corrected chi connectivity index (χ1v) is 6.19. The van der Waals surface area contributed by atoms with Crippen LogP contribution in [0.25, 0.3) is 0 Å². The van der Waals surface area contributed by atoms with Gasteiger partial charge in [0.25, 0.3) is 5.91 Å². The second-order valence-corrected chi connectivity index (χ2v) is 4.67. The topological polar surface area (TPSA) is 58.6 Å².